The van der Waals surface area contributed by atoms with Crippen molar-refractivity contribution in [3.63, 3.8) is 0 Å². The highest BCUT2D eigenvalue weighted by molar-refractivity contribution is 5.23. The fourth-order valence-electron chi connectivity index (χ4n) is 2.42. The topological polar surface area (TPSA) is 21.3 Å². The Morgan fingerprint density at radius 2 is 1.81 bits per heavy atom. The molecule has 2 heteroatoms. The van der Waals surface area contributed by atoms with Gasteiger partial charge in [0.1, 0.15) is 0 Å². The molecule has 3 rings (SSSR count). The fourth-order valence-corrected chi connectivity index (χ4v) is 2.42. The number of ether oxygens (including phenoxy) is 1. The monoisotopic (exact) mass is 281 g/mol. The summed E-state index contributed by atoms with van der Waals surface area (Å²) in [5, 5.41) is 3.55. The van der Waals surface area contributed by atoms with Gasteiger partial charge in [-0.15, -0.1) is 0 Å². The van der Waals surface area contributed by atoms with E-state index in [1.807, 2.05) is 6.07 Å². The summed E-state index contributed by atoms with van der Waals surface area (Å²) in [6.45, 7) is 3.73. The van der Waals surface area contributed by atoms with Crippen molar-refractivity contribution >= 4 is 0 Å². The third kappa shape index (κ3) is 4.42. The molecule has 21 heavy (non-hydrogen) atoms. The highest BCUT2D eigenvalue weighted by atomic mass is 16.5. The highest BCUT2D eigenvalue weighted by Crippen LogP contribution is 2.20. The Morgan fingerprint density at radius 3 is 2.57 bits per heavy atom. The van der Waals surface area contributed by atoms with Crippen LogP contribution in [-0.4, -0.2) is 6.04 Å². The third-order valence-corrected chi connectivity index (χ3v) is 3.93. The smallest absolute Gasteiger partial charge is 0.0801 e. The Kier molecular flexibility index (Phi) is 4.69. The summed E-state index contributed by atoms with van der Waals surface area (Å²) < 4.78 is 5.99. The van der Waals surface area contributed by atoms with Gasteiger partial charge < -0.3 is 10.1 Å². The van der Waals surface area contributed by atoms with E-state index in [9.17, 15) is 0 Å². The molecule has 0 radical (unpaired) electrons. The molecule has 2 aromatic rings. The second-order valence-electron chi connectivity index (χ2n) is 5.84. The van der Waals surface area contributed by atoms with Crippen LogP contribution in [0, 0.1) is 0 Å². The molecule has 110 valence electrons. The average Bonchev–Trinajstić information content (AvgIpc) is 3.36. The van der Waals surface area contributed by atoms with E-state index in [2.05, 4.69) is 60.8 Å². The Labute approximate surface area is 127 Å². The van der Waals surface area contributed by atoms with Gasteiger partial charge in [0.05, 0.1) is 12.7 Å². The van der Waals surface area contributed by atoms with Gasteiger partial charge in [-0.05, 0) is 36.5 Å². The first-order valence-electron chi connectivity index (χ1n) is 7.79. The first-order valence-corrected chi connectivity index (χ1v) is 7.79. The van der Waals surface area contributed by atoms with E-state index in [0.717, 1.165) is 12.6 Å². The molecule has 1 aliphatic rings. The molecule has 1 aliphatic carbocycles. The molecule has 1 N–H and O–H groups in total. The van der Waals surface area contributed by atoms with Gasteiger partial charge >= 0.3 is 0 Å². The highest BCUT2D eigenvalue weighted by Gasteiger charge is 2.19. The summed E-state index contributed by atoms with van der Waals surface area (Å²) in [6.07, 6.45) is 2.79. The summed E-state index contributed by atoms with van der Waals surface area (Å²) in [5.41, 5.74) is 3.81. The molecule has 1 saturated carbocycles. The minimum absolute atomic E-state index is 0.124. The first kappa shape index (κ1) is 14.3. The van der Waals surface area contributed by atoms with Crippen LogP contribution in [0.25, 0.3) is 0 Å². The van der Waals surface area contributed by atoms with Crippen LogP contribution in [0.1, 0.15) is 42.6 Å². The van der Waals surface area contributed by atoms with Crippen LogP contribution in [-0.2, 0) is 17.9 Å². The van der Waals surface area contributed by atoms with Crippen molar-refractivity contribution in [2.75, 3.05) is 0 Å². The maximum atomic E-state index is 5.99. The van der Waals surface area contributed by atoms with E-state index in [1.165, 1.54) is 29.5 Å². The molecule has 2 aromatic carbocycles. The summed E-state index contributed by atoms with van der Waals surface area (Å²) >= 11 is 0. The molecule has 0 aromatic heterocycles. The average molecular weight is 281 g/mol. The summed E-state index contributed by atoms with van der Waals surface area (Å²) in [6, 6.07) is 19.8. The number of nitrogens with one attached hydrogen (secondary N) is 1. The van der Waals surface area contributed by atoms with Crippen molar-refractivity contribution in [3.05, 3.63) is 71.3 Å². The van der Waals surface area contributed by atoms with Crippen molar-refractivity contribution in [1.29, 1.82) is 0 Å². The van der Waals surface area contributed by atoms with Crippen molar-refractivity contribution in [2.24, 2.45) is 0 Å². The Morgan fingerprint density at radius 1 is 1.05 bits per heavy atom. The molecule has 0 aliphatic heterocycles. The number of rotatable bonds is 7. The molecule has 0 amide bonds. The van der Waals surface area contributed by atoms with Gasteiger partial charge in [-0.2, -0.15) is 0 Å². The minimum Gasteiger partial charge on any atom is -0.369 e. The maximum absolute atomic E-state index is 5.99. The first-order chi connectivity index (χ1) is 10.3. The second kappa shape index (κ2) is 6.88. The van der Waals surface area contributed by atoms with Crippen LogP contribution >= 0.6 is 0 Å². The van der Waals surface area contributed by atoms with Crippen LogP contribution in [0.2, 0.25) is 0 Å². The third-order valence-electron chi connectivity index (χ3n) is 3.93. The Hall–Kier alpha value is -1.64. The second-order valence-corrected chi connectivity index (χ2v) is 5.84. The number of hydrogen-bond donors (Lipinski definition) is 1. The molecule has 1 fully saturated rings. The van der Waals surface area contributed by atoms with Crippen LogP contribution < -0.4 is 5.32 Å². The van der Waals surface area contributed by atoms with Crippen LogP contribution in [0.15, 0.2) is 54.6 Å². The van der Waals surface area contributed by atoms with E-state index in [1.54, 1.807) is 0 Å². The van der Waals surface area contributed by atoms with Crippen LogP contribution in [0.5, 0.6) is 0 Å². The zero-order valence-corrected chi connectivity index (χ0v) is 12.6. The van der Waals surface area contributed by atoms with Crippen molar-refractivity contribution < 1.29 is 4.74 Å². The molecule has 0 spiro atoms. The Bertz CT molecular complexity index is 563. The lowest BCUT2D eigenvalue weighted by atomic mass is 10.1. The van der Waals surface area contributed by atoms with Gasteiger partial charge in [0.25, 0.3) is 0 Å². The fraction of sp³-hybridized carbons (Fsp3) is 0.368. The van der Waals surface area contributed by atoms with Gasteiger partial charge in [-0.3, -0.25) is 0 Å². The van der Waals surface area contributed by atoms with Gasteiger partial charge in [-0.25, -0.2) is 0 Å². The lowest BCUT2D eigenvalue weighted by Gasteiger charge is -2.14. The van der Waals surface area contributed by atoms with E-state index in [0.29, 0.717) is 6.61 Å². The predicted octanol–water partition coefficient (Wildman–Crippen LogP) is 4.22. The normalized spacial score (nSPS) is 15.9. The standard InChI is InChI=1S/C19H23NO/c1-15(18-8-3-2-4-9-18)21-14-17-7-5-6-16(12-17)13-20-19-10-11-19/h2-9,12,15,19-20H,10-11,13-14H2,1H3. The molecule has 0 bridgehead atoms. The minimum atomic E-state index is 0.124. The maximum Gasteiger partial charge on any atom is 0.0801 e. The van der Waals surface area contributed by atoms with Crippen molar-refractivity contribution in [1.82, 2.24) is 5.32 Å². The zero-order chi connectivity index (χ0) is 14.5. The number of benzene rings is 2. The summed E-state index contributed by atoms with van der Waals surface area (Å²) in [4.78, 5) is 0. The van der Waals surface area contributed by atoms with Crippen LogP contribution in [0.3, 0.4) is 0 Å². The quantitative estimate of drug-likeness (QED) is 0.820. The molecular formula is C19H23NO. The van der Waals surface area contributed by atoms with Gasteiger partial charge in [-0.1, -0.05) is 54.6 Å². The van der Waals surface area contributed by atoms with Gasteiger partial charge in [0.2, 0.25) is 0 Å². The molecule has 0 saturated heterocycles. The van der Waals surface area contributed by atoms with E-state index < -0.39 is 0 Å². The van der Waals surface area contributed by atoms with Crippen LogP contribution in [0.4, 0.5) is 0 Å². The molecule has 1 atom stereocenters. The SMILES string of the molecule is CC(OCc1cccc(CNC2CC2)c1)c1ccccc1. The van der Waals surface area contributed by atoms with Crippen molar-refractivity contribution in [2.45, 2.75) is 45.1 Å². The van der Waals surface area contributed by atoms with Gasteiger partial charge in [0.15, 0.2) is 0 Å². The van der Waals surface area contributed by atoms with E-state index in [-0.39, 0.29) is 6.10 Å². The lowest BCUT2D eigenvalue weighted by molar-refractivity contribution is 0.0525. The largest absolute Gasteiger partial charge is 0.369 e. The van der Waals surface area contributed by atoms with Crippen molar-refractivity contribution in [3.8, 4) is 0 Å². The van der Waals surface area contributed by atoms with E-state index >= 15 is 0 Å². The molecule has 1 unspecified atom stereocenters. The summed E-state index contributed by atoms with van der Waals surface area (Å²) in [7, 11) is 0. The predicted molar refractivity (Wildman–Crippen MR) is 85.9 cm³/mol. The zero-order valence-electron chi connectivity index (χ0n) is 12.6. The Balaban J connectivity index is 1.53. The summed E-state index contributed by atoms with van der Waals surface area (Å²) in [5.74, 6) is 0. The molecule has 2 nitrogen and oxygen atoms in total. The molecule has 0 heterocycles. The number of hydrogen-bond acceptors (Lipinski definition) is 2. The van der Waals surface area contributed by atoms with Gasteiger partial charge in [0, 0.05) is 12.6 Å². The van der Waals surface area contributed by atoms with E-state index in [4.69, 9.17) is 4.74 Å². The lowest BCUT2D eigenvalue weighted by Crippen LogP contribution is -2.15. The molecular weight excluding hydrogens is 258 g/mol.